The van der Waals surface area contributed by atoms with Crippen LogP contribution in [0.3, 0.4) is 0 Å². The van der Waals surface area contributed by atoms with E-state index in [0.717, 1.165) is 0 Å². The molecule has 176 valence electrons. The maximum Gasteiger partial charge on any atom is 0.303 e. The number of aliphatic carboxylic acids is 1. The molecule has 0 aromatic carbocycles. The highest BCUT2D eigenvalue weighted by molar-refractivity contribution is 5.80. The Morgan fingerprint density at radius 2 is 1.13 bits per heavy atom. The van der Waals surface area contributed by atoms with Crippen LogP contribution in [0.2, 0.25) is 0 Å². The monoisotopic (exact) mass is 435 g/mol. The molecular weight excluding hydrogens is 398 g/mol. The number of carboxylic acid groups (broad SMARTS) is 1. The van der Waals surface area contributed by atoms with Crippen LogP contribution in [-0.4, -0.2) is 103 Å². The fraction of sp³-hybridized carbons (Fsp3) is 0.800. The van der Waals surface area contributed by atoms with Crippen LogP contribution in [0.5, 0.6) is 0 Å². The summed E-state index contributed by atoms with van der Waals surface area (Å²) in [6.45, 7) is 10.1. The number of ether oxygens (including phenoxy) is 6. The standard InChI is InChI=1S/C20H37NO9/c1-2-7-25-9-11-27-13-15-29-17-18-30-16-14-28-12-10-26-8-3-6-21-19(22)4-5-20(23)24/h2H,1,3-18H2,(H,21,22)(H,23,24). The zero-order valence-electron chi connectivity index (χ0n) is 17.8. The largest absolute Gasteiger partial charge is 0.481 e. The molecule has 0 rings (SSSR count). The molecule has 0 heterocycles. The highest BCUT2D eigenvalue weighted by atomic mass is 16.6. The predicted octanol–water partition coefficient (Wildman–Crippen LogP) is 0.643. The van der Waals surface area contributed by atoms with Crippen LogP contribution in [0.15, 0.2) is 12.7 Å². The summed E-state index contributed by atoms with van der Waals surface area (Å²) in [7, 11) is 0. The smallest absolute Gasteiger partial charge is 0.303 e. The molecule has 0 atom stereocenters. The molecule has 10 nitrogen and oxygen atoms in total. The minimum absolute atomic E-state index is 0.000811. The Bertz CT molecular complexity index is 421. The molecule has 0 unspecified atom stereocenters. The number of rotatable bonds is 24. The first-order valence-electron chi connectivity index (χ1n) is 10.2. The molecule has 0 bridgehead atoms. The van der Waals surface area contributed by atoms with Gasteiger partial charge < -0.3 is 38.8 Å². The van der Waals surface area contributed by atoms with E-state index >= 15 is 0 Å². The Morgan fingerprint density at radius 3 is 1.57 bits per heavy atom. The highest BCUT2D eigenvalue weighted by Crippen LogP contribution is 1.89. The molecule has 0 aliphatic heterocycles. The first kappa shape index (κ1) is 28.4. The van der Waals surface area contributed by atoms with Gasteiger partial charge in [0.25, 0.3) is 0 Å². The molecule has 0 saturated carbocycles. The summed E-state index contributed by atoms with van der Waals surface area (Å²) in [5.41, 5.74) is 0. The van der Waals surface area contributed by atoms with E-state index in [0.29, 0.717) is 92.2 Å². The molecule has 0 aliphatic carbocycles. The fourth-order valence-corrected chi connectivity index (χ4v) is 1.98. The van der Waals surface area contributed by atoms with Gasteiger partial charge in [0.15, 0.2) is 0 Å². The summed E-state index contributed by atoms with van der Waals surface area (Å²) < 4.78 is 32.0. The number of carbonyl (C=O) groups excluding carboxylic acids is 1. The van der Waals surface area contributed by atoms with E-state index in [1.54, 1.807) is 6.08 Å². The third-order valence-electron chi connectivity index (χ3n) is 3.45. The topological polar surface area (TPSA) is 122 Å². The number of hydrogen-bond acceptors (Lipinski definition) is 8. The first-order valence-corrected chi connectivity index (χ1v) is 10.2. The number of nitrogens with one attached hydrogen (secondary N) is 1. The lowest BCUT2D eigenvalue weighted by Crippen LogP contribution is -2.25. The maximum absolute atomic E-state index is 11.3. The molecule has 0 radical (unpaired) electrons. The van der Waals surface area contributed by atoms with Gasteiger partial charge in [-0.25, -0.2) is 0 Å². The summed E-state index contributed by atoms with van der Waals surface area (Å²) in [5.74, 6) is -1.24. The summed E-state index contributed by atoms with van der Waals surface area (Å²) in [6, 6.07) is 0. The van der Waals surface area contributed by atoms with Gasteiger partial charge in [-0.05, 0) is 6.42 Å². The minimum atomic E-state index is -0.977. The Labute approximate surface area is 178 Å². The molecule has 10 heteroatoms. The van der Waals surface area contributed by atoms with Gasteiger partial charge in [0.1, 0.15) is 0 Å². The molecule has 0 aliphatic rings. The summed E-state index contributed by atoms with van der Waals surface area (Å²) >= 11 is 0. The van der Waals surface area contributed by atoms with Gasteiger partial charge in [-0.1, -0.05) is 6.08 Å². The number of carbonyl (C=O) groups is 2. The van der Waals surface area contributed by atoms with Crippen LogP contribution in [0.1, 0.15) is 19.3 Å². The Kier molecular flexibility index (Phi) is 22.5. The van der Waals surface area contributed by atoms with Crippen molar-refractivity contribution in [3.63, 3.8) is 0 Å². The van der Waals surface area contributed by atoms with E-state index in [9.17, 15) is 9.59 Å². The minimum Gasteiger partial charge on any atom is -0.481 e. The average molecular weight is 436 g/mol. The van der Waals surface area contributed by atoms with Crippen molar-refractivity contribution in [2.24, 2.45) is 0 Å². The molecule has 0 aromatic rings. The van der Waals surface area contributed by atoms with Crippen molar-refractivity contribution < 1.29 is 43.1 Å². The first-order chi connectivity index (χ1) is 14.7. The van der Waals surface area contributed by atoms with E-state index in [-0.39, 0.29) is 18.7 Å². The Hall–Kier alpha value is -1.56. The second-order valence-corrected chi connectivity index (χ2v) is 6.02. The highest BCUT2D eigenvalue weighted by Gasteiger charge is 2.04. The van der Waals surface area contributed by atoms with E-state index in [1.807, 2.05) is 0 Å². The normalized spacial score (nSPS) is 10.8. The van der Waals surface area contributed by atoms with Crippen molar-refractivity contribution in [3.8, 4) is 0 Å². The Morgan fingerprint density at radius 1 is 0.700 bits per heavy atom. The molecule has 0 saturated heterocycles. The van der Waals surface area contributed by atoms with Gasteiger partial charge >= 0.3 is 5.97 Å². The van der Waals surface area contributed by atoms with E-state index in [1.165, 1.54) is 0 Å². The fourth-order valence-electron chi connectivity index (χ4n) is 1.98. The second-order valence-electron chi connectivity index (χ2n) is 6.02. The van der Waals surface area contributed by atoms with Crippen molar-refractivity contribution in [2.75, 3.05) is 85.8 Å². The van der Waals surface area contributed by atoms with Crippen LogP contribution in [0, 0.1) is 0 Å². The van der Waals surface area contributed by atoms with Crippen molar-refractivity contribution >= 4 is 11.9 Å². The van der Waals surface area contributed by atoms with Gasteiger partial charge in [-0.3, -0.25) is 9.59 Å². The second kappa shape index (κ2) is 23.7. The van der Waals surface area contributed by atoms with Gasteiger partial charge in [0, 0.05) is 19.6 Å². The lowest BCUT2D eigenvalue weighted by molar-refractivity contribution is -0.138. The zero-order chi connectivity index (χ0) is 22.1. The van der Waals surface area contributed by atoms with Crippen LogP contribution < -0.4 is 5.32 Å². The summed E-state index contributed by atoms with van der Waals surface area (Å²) in [5, 5.41) is 11.1. The van der Waals surface area contributed by atoms with E-state index in [4.69, 9.17) is 33.5 Å². The third kappa shape index (κ3) is 24.5. The van der Waals surface area contributed by atoms with Crippen LogP contribution in [-0.2, 0) is 38.0 Å². The van der Waals surface area contributed by atoms with Crippen molar-refractivity contribution in [1.29, 1.82) is 0 Å². The number of amides is 1. The molecule has 1 amide bonds. The molecule has 0 spiro atoms. The molecule has 30 heavy (non-hydrogen) atoms. The lowest BCUT2D eigenvalue weighted by atomic mass is 10.3. The van der Waals surface area contributed by atoms with E-state index < -0.39 is 5.97 Å². The van der Waals surface area contributed by atoms with Gasteiger partial charge in [0.05, 0.1) is 79.1 Å². The quantitative estimate of drug-likeness (QED) is 0.166. The van der Waals surface area contributed by atoms with E-state index in [2.05, 4.69) is 11.9 Å². The summed E-state index contributed by atoms with van der Waals surface area (Å²) in [6.07, 6.45) is 2.21. The van der Waals surface area contributed by atoms with Crippen molar-refractivity contribution in [3.05, 3.63) is 12.7 Å². The lowest BCUT2D eigenvalue weighted by Gasteiger charge is -2.08. The van der Waals surface area contributed by atoms with Gasteiger partial charge in [0.2, 0.25) is 5.91 Å². The van der Waals surface area contributed by atoms with Crippen molar-refractivity contribution in [2.45, 2.75) is 19.3 Å². The Balaban J connectivity index is 3.09. The zero-order valence-corrected chi connectivity index (χ0v) is 17.8. The predicted molar refractivity (Wildman–Crippen MR) is 110 cm³/mol. The SMILES string of the molecule is C=CCOCCOCCOCCOCCOCCOCCCNC(=O)CCC(=O)O. The van der Waals surface area contributed by atoms with Crippen LogP contribution >= 0.6 is 0 Å². The number of carboxylic acids is 1. The molecule has 0 aromatic heterocycles. The summed E-state index contributed by atoms with van der Waals surface area (Å²) in [4.78, 5) is 21.6. The third-order valence-corrected chi connectivity index (χ3v) is 3.45. The van der Waals surface area contributed by atoms with Crippen LogP contribution in [0.25, 0.3) is 0 Å². The van der Waals surface area contributed by atoms with Gasteiger partial charge in [-0.2, -0.15) is 0 Å². The van der Waals surface area contributed by atoms with Crippen molar-refractivity contribution in [1.82, 2.24) is 5.32 Å². The average Bonchev–Trinajstić information content (AvgIpc) is 2.73. The molecule has 0 fully saturated rings. The molecular formula is C20H37NO9. The van der Waals surface area contributed by atoms with Gasteiger partial charge in [-0.15, -0.1) is 6.58 Å². The number of hydrogen-bond donors (Lipinski definition) is 2. The maximum atomic E-state index is 11.3. The molecule has 2 N–H and O–H groups in total. The van der Waals surface area contributed by atoms with Crippen LogP contribution in [0.4, 0.5) is 0 Å².